The van der Waals surface area contributed by atoms with E-state index in [-0.39, 0.29) is 63.2 Å². The molecule has 0 bridgehead atoms. The van der Waals surface area contributed by atoms with Crippen molar-refractivity contribution in [3.8, 4) is 22.5 Å². The zero-order valence-electron chi connectivity index (χ0n) is 57.2. The monoisotopic (exact) mass is 1590 g/mol. The standard InChI is InChI=1S/C25H23Cl2N3O4.C25H21Cl2N3O4.C25H23Cl2N3O3.CH2O2.Zn/c2*1-29-21-14-28-23(17-5-9-19(27)10-6-17)20(13-16-3-7-18(26)8-4-16)22(21)24(32)30(25(29)33)11-2-12-34-15-31;1-3-4-13-30-24(32)20-19(29(2)25(30)33)14-28-22(15-5-9-17(26)10-6-15)21(20)23(31)16-7-11-18(27)12-8-16;2-1-3;/h3-10,15,28H,2,11-14H2,1H3;3-10,14-15H,2,11-13H2,1H3;5-12,14,23,31H,3-4,13H2,1-2H3;1H,(H,2,3);. The third kappa shape index (κ3) is 19.1. The summed E-state index contributed by atoms with van der Waals surface area (Å²) in [6.45, 7) is 3.57. The molecule has 12 rings (SSSR count). The molecule has 0 spiro atoms. The second-order valence-electron chi connectivity index (χ2n) is 23.7. The number of nitrogens with zero attached hydrogens (tertiary/aromatic N) is 8. The van der Waals surface area contributed by atoms with Gasteiger partial charge in [-0.05, 0) is 125 Å². The van der Waals surface area contributed by atoms with E-state index in [9.17, 15) is 43.5 Å². The number of allylic oxidation sites excluding steroid dienone is 1. The molecule has 29 heteroatoms. The first kappa shape index (κ1) is 81.1. The van der Waals surface area contributed by atoms with Crippen molar-refractivity contribution in [2.45, 2.75) is 77.7 Å². The summed E-state index contributed by atoms with van der Waals surface area (Å²) in [4.78, 5) is 118. The number of aliphatic hydroxyl groups is 1. The first-order valence-electron chi connectivity index (χ1n) is 32.5. The molecule has 0 saturated heterocycles. The van der Waals surface area contributed by atoms with Gasteiger partial charge in [-0.2, -0.15) is 0 Å². The molecule has 540 valence electrons. The topological polar surface area (TPSA) is 280 Å². The van der Waals surface area contributed by atoms with Crippen LogP contribution in [0.5, 0.6) is 0 Å². The van der Waals surface area contributed by atoms with Crippen LogP contribution < -0.4 is 39.1 Å². The summed E-state index contributed by atoms with van der Waals surface area (Å²) in [5, 5.41) is 26.0. The third-order valence-corrected chi connectivity index (χ3v) is 18.7. The molecule has 22 nitrogen and oxygen atoms in total. The molecular weight excluding hydrogens is 1520 g/mol. The van der Waals surface area contributed by atoms with E-state index in [0.29, 0.717) is 150 Å². The number of aromatic nitrogens is 8. The van der Waals surface area contributed by atoms with Crippen molar-refractivity contribution in [1.29, 1.82) is 0 Å². The van der Waals surface area contributed by atoms with E-state index in [1.54, 1.807) is 112 Å². The number of unbranched alkanes of at least 4 members (excludes halogenated alkanes) is 1. The molecule has 5 aromatic heterocycles. The van der Waals surface area contributed by atoms with Crippen LogP contribution in [0, 0.1) is 0 Å². The fraction of sp³-hybridized carbons (Fsp3) is 0.224. The molecule has 0 amide bonds. The number of rotatable bonds is 22. The van der Waals surface area contributed by atoms with E-state index in [1.165, 1.54) is 33.6 Å². The molecule has 1 unspecified atom stereocenters. The number of carbonyl (C=O) groups is 3. The van der Waals surface area contributed by atoms with E-state index < -0.39 is 34.3 Å². The van der Waals surface area contributed by atoms with Gasteiger partial charge in [-0.25, -0.2) is 14.4 Å². The Hall–Kier alpha value is -9.55. The zero-order valence-corrected chi connectivity index (χ0v) is 64.7. The fourth-order valence-corrected chi connectivity index (χ4v) is 12.8. The van der Waals surface area contributed by atoms with Gasteiger partial charge in [-0.1, -0.05) is 156 Å². The number of halogens is 6. The Labute approximate surface area is 643 Å². The summed E-state index contributed by atoms with van der Waals surface area (Å²) in [7, 11) is 4.88. The Morgan fingerprint density at radius 3 is 1.35 bits per heavy atom. The van der Waals surface area contributed by atoms with E-state index in [4.69, 9.17) is 89.0 Å². The van der Waals surface area contributed by atoms with Crippen molar-refractivity contribution < 1.29 is 53.5 Å². The molecule has 6 heterocycles. The van der Waals surface area contributed by atoms with Gasteiger partial charge in [0.25, 0.3) is 36.1 Å². The number of hydrogen-bond acceptors (Lipinski definition) is 15. The summed E-state index contributed by atoms with van der Waals surface area (Å²) in [6, 6.07) is 43.2. The van der Waals surface area contributed by atoms with E-state index in [1.807, 2.05) is 67.6 Å². The molecule has 1 atom stereocenters. The summed E-state index contributed by atoms with van der Waals surface area (Å²) in [6.07, 6.45) is 4.95. The number of carbonyl (C=O) groups excluding carboxylic acids is 2. The first-order chi connectivity index (χ1) is 50.0. The summed E-state index contributed by atoms with van der Waals surface area (Å²) in [5.74, 6) is 0. The number of fused-ring (bicyclic) bond motifs is 3. The zero-order chi connectivity index (χ0) is 74.9. The van der Waals surface area contributed by atoms with Crippen molar-refractivity contribution >= 4 is 122 Å². The average molecular weight is 1590 g/mol. The molecule has 3 N–H and O–H groups in total. The predicted molar refractivity (Wildman–Crippen MR) is 406 cm³/mol. The van der Waals surface area contributed by atoms with Crippen LogP contribution in [0.1, 0.15) is 83.3 Å². The number of aryl methyl sites for hydroxylation is 2. The van der Waals surface area contributed by atoms with Gasteiger partial charge >= 0.3 is 17.1 Å². The van der Waals surface area contributed by atoms with Gasteiger partial charge in [0.2, 0.25) is 0 Å². The summed E-state index contributed by atoms with van der Waals surface area (Å²) >= 11 is 36.4. The minimum Gasteiger partial charge on any atom is -0.483 e. The molecular formula is C76H69Cl6N9O13Zn. The van der Waals surface area contributed by atoms with Gasteiger partial charge in [0, 0.05) is 126 Å². The van der Waals surface area contributed by atoms with Crippen molar-refractivity contribution in [2.75, 3.05) is 13.2 Å². The van der Waals surface area contributed by atoms with Gasteiger partial charge in [-0.3, -0.25) is 66.1 Å². The van der Waals surface area contributed by atoms with Crippen LogP contribution in [-0.4, -0.2) is 80.2 Å². The van der Waals surface area contributed by atoms with Crippen LogP contribution in [0.25, 0.3) is 55.6 Å². The predicted octanol–water partition coefficient (Wildman–Crippen LogP) is 12.5. The second kappa shape index (κ2) is 37.9. The number of ether oxygens (including phenoxy) is 2. The van der Waals surface area contributed by atoms with Crippen LogP contribution in [0.15, 0.2) is 187 Å². The maximum absolute atomic E-state index is 13.7. The Balaban J connectivity index is 0.000000194. The number of pyridine rings is 2. The molecule has 1 aliphatic rings. The van der Waals surface area contributed by atoms with Gasteiger partial charge in [-0.15, -0.1) is 0 Å². The molecule has 1 aliphatic heterocycles. The van der Waals surface area contributed by atoms with E-state index in [2.05, 4.69) is 15.3 Å². The van der Waals surface area contributed by atoms with Crippen LogP contribution in [-0.2, 0) is 103 Å². The third-order valence-electron chi connectivity index (χ3n) is 17.2. The molecule has 11 aromatic rings. The second-order valence-corrected chi connectivity index (χ2v) is 26.4. The van der Waals surface area contributed by atoms with Crippen molar-refractivity contribution in [3.63, 3.8) is 0 Å². The van der Waals surface area contributed by atoms with E-state index >= 15 is 0 Å². The average Bonchev–Trinajstić information content (AvgIpc) is 0.735. The van der Waals surface area contributed by atoms with Gasteiger partial charge in [0.05, 0.1) is 76.6 Å². The minimum absolute atomic E-state index is 0. The maximum atomic E-state index is 13.7. The van der Waals surface area contributed by atoms with Crippen LogP contribution >= 0.6 is 69.6 Å². The Morgan fingerprint density at radius 2 is 0.886 bits per heavy atom. The normalized spacial score (nSPS) is 11.7. The number of benzene rings is 6. The van der Waals surface area contributed by atoms with Crippen LogP contribution in [0.2, 0.25) is 30.1 Å². The first-order valence-corrected chi connectivity index (χ1v) is 34.7. The molecule has 0 radical (unpaired) electrons. The largest absolute Gasteiger partial charge is 0.483 e. The smallest absolute Gasteiger partial charge is 0.331 e. The Kier molecular flexibility index (Phi) is 29.3. The number of nitrogens with one attached hydrogen (secondary N) is 1. The summed E-state index contributed by atoms with van der Waals surface area (Å²) < 4.78 is 17.4. The van der Waals surface area contributed by atoms with Gasteiger partial charge in [0.1, 0.15) is 6.10 Å². The number of aliphatic hydroxyl groups excluding tert-OH is 1. The van der Waals surface area contributed by atoms with Crippen LogP contribution in [0.4, 0.5) is 0 Å². The van der Waals surface area contributed by atoms with Gasteiger partial charge < -0.3 is 25.0 Å². The molecule has 0 aliphatic carbocycles. The Bertz CT molecular complexity index is 5360. The molecule has 6 aromatic carbocycles. The SMILES string of the molecule is CCCCn1c(=O)c2c(C(O)c3ccc(Cl)cc3)c(-c3ccc(Cl)cc3)ncc2n(C)c1=O.Cn1c(=O)n(CCCOC=O)c(=O)c2c(Cc3ccc(Cl)cc3)c(-c3ccc(Cl)cc3)ncc21.Cn1c2c(c(=O)n(CCCOC=O)c1=O)C(Cc1ccc(Cl)cc1)=C(c1ccc(Cl)cc1)NC2.O=CO.[Zn]. The number of carboxylic acid groups (broad SMARTS) is 1. The molecule has 0 saturated carbocycles. The van der Waals surface area contributed by atoms with E-state index in [0.717, 1.165) is 39.9 Å². The summed E-state index contributed by atoms with van der Waals surface area (Å²) in [5.41, 5.74) is 7.98. The minimum atomic E-state index is -1.17. The van der Waals surface area contributed by atoms with Gasteiger partial charge in [0.15, 0.2) is 0 Å². The quantitative estimate of drug-likeness (QED) is 0.0323. The molecule has 0 fully saturated rings. The maximum Gasteiger partial charge on any atom is 0.331 e. The fourth-order valence-electron chi connectivity index (χ4n) is 12.0. The van der Waals surface area contributed by atoms with Crippen molar-refractivity contribution in [3.05, 3.63) is 295 Å². The number of hydrogen-bond donors (Lipinski definition) is 3. The Morgan fingerprint density at radius 1 is 0.505 bits per heavy atom. The van der Waals surface area contributed by atoms with Crippen molar-refractivity contribution in [1.82, 2.24) is 42.7 Å². The van der Waals surface area contributed by atoms with Crippen LogP contribution in [0.3, 0.4) is 0 Å². The van der Waals surface area contributed by atoms with Crippen molar-refractivity contribution in [2.24, 2.45) is 21.1 Å². The molecule has 105 heavy (non-hydrogen) atoms.